The maximum Gasteiger partial charge on any atom is 0.416 e. The number of cyclic esters (lactones) is 1. The summed E-state index contributed by atoms with van der Waals surface area (Å²) in [6.07, 6.45) is -6.78. The molecular weight excluding hydrogens is 239 g/mol. The minimum absolute atomic E-state index is 0.0109. The van der Waals surface area contributed by atoms with Crippen molar-refractivity contribution in [1.82, 2.24) is 5.32 Å². The standard InChI is InChI=1S/C10H6F3NO3/c11-10(12,13)6-3-1-2-5(4-6)7-8(15)14-9(16)17-7/h1-4,7H,(H,14,15,16). The second-order valence-corrected chi connectivity index (χ2v) is 3.40. The van der Waals surface area contributed by atoms with Gasteiger partial charge in [-0.25, -0.2) is 4.79 Å². The number of amides is 2. The Morgan fingerprint density at radius 3 is 2.47 bits per heavy atom. The first-order valence-electron chi connectivity index (χ1n) is 4.56. The molecule has 2 rings (SSSR count). The second-order valence-electron chi connectivity index (χ2n) is 3.40. The van der Waals surface area contributed by atoms with Crippen LogP contribution in [0.2, 0.25) is 0 Å². The summed E-state index contributed by atoms with van der Waals surface area (Å²) in [5, 5.41) is 1.84. The monoisotopic (exact) mass is 245 g/mol. The van der Waals surface area contributed by atoms with Crippen LogP contribution < -0.4 is 5.32 Å². The van der Waals surface area contributed by atoms with Gasteiger partial charge in [-0.15, -0.1) is 0 Å². The average molecular weight is 245 g/mol. The molecule has 1 aromatic carbocycles. The molecule has 7 heteroatoms. The van der Waals surface area contributed by atoms with Gasteiger partial charge < -0.3 is 4.74 Å². The van der Waals surface area contributed by atoms with Crippen LogP contribution in [0.4, 0.5) is 18.0 Å². The molecule has 90 valence electrons. The number of alkyl halides is 3. The zero-order valence-electron chi connectivity index (χ0n) is 8.25. The Labute approximate surface area is 93.4 Å². The minimum Gasteiger partial charge on any atom is -0.431 e. The van der Waals surface area contributed by atoms with E-state index in [1.54, 1.807) is 0 Å². The molecule has 0 bridgehead atoms. The van der Waals surface area contributed by atoms with Crippen molar-refractivity contribution in [2.75, 3.05) is 0 Å². The zero-order chi connectivity index (χ0) is 12.6. The van der Waals surface area contributed by atoms with E-state index in [1.165, 1.54) is 6.07 Å². The number of hydrogen-bond acceptors (Lipinski definition) is 3. The van der Waals surface area contributed by atoms with Gasteiger partial charge in [-0.05, 0) is 12.1 Å². The van der Waals surface area contributed by atoms with Crippen LogP contribution in [0.1, 0.15) is 17.2 Å². The molecule has 17 heavy (non-hydrogen) atoms. The molecule has 2 amide bonds. The fourth-order valence-corrected chi connectivity index (χ4v) is 1.45. The molecule has 1 N–H and O–H groups in total. The molecule has 1 saturated heterocycles. The lowest BCUT2D eigenvalue weighted by molar-refractivity contribution is -0.137. The van der Waals surface area contributed by atoms with Crippen molar-refractivity contribution in [3.63, 3.8) is 0 Å². The van der Waals surface area contributed by atoms with Gasteiger partial charge in [0.2, 0.25) is 6.10 Å². The third-order valence-corrected chi connectivity index (χ3v) is 2.20. The number of carbonyl (C=O) groups excluding carboxylic acids is 2. The van der Waals surface area contributed by atoms with Crippen LogP contribution >= 0.6 is 0 Å². The lowest BCUT2D eigenvalue weighted by Crippen LogP contribution is -2.20. The van der Waals surface area contributed by atoms with Crippen molar-refractivity contribution in [3.05, 3.63) is 35.4 Å². The highest BCUT2D eigenvalue weighted by Gasteiger charge is 2.36. The summed E-state index contributed by atoms with van der Waals surface area (Å²) in [7, 11) is 0. The molecule has 1 aliphatic rings. The predicted octanol–water partition coefficient (Wildman–Crippen LogP) is 2.01. The molecule has 1 heterocycles. The number of alkyl carbamates (subject to hydrolysis) is 1. The van der Waals surface area contributed by atoms with Gasteiger partial charge >= 0.3 is 12.3 Å². The number of ether oxygens (including phenoxy) is 1. The van der Waals surface area contributed by atoms with Crippen molar-refractivity contribution >= 4 is 12.0 Å². The van der Waals surface area contributed by atoms with Crippen molar-refractivity contribution < 1.29 is 27.5 Å². The van der Waals surface area contributed by atoms with E-state index in [1.807, 2.05) is 5.32 Å². The molecule has 0 aromatic heterocycles. The minimum atomic E-state index is -4.50. The van der Waals surface area contributed by atoms with E-state index in [9.17, 15) is 22.8 Å². The Morgan fingerprint density at radius 2 is 1.94 bits per heavy atom. The van der Waals surface area contributed by atoms with E-state index in [4.69, 9.17) is 0 Å². The van der Waals surface area contributed by atoms with Crippen LogP contribution in [0.5, 0.6) is 0 Å². The maximum atomic E-state index is 12.4. The molecule has 0 radical (unpaired) electrons. The molecule has 0 aliphatic carbocycles. The second kappa shape index (κ2) is 3.76. The normalized spacial score (nSPS) is 20.1. The van der Waals surface area contributed by atoms with Crippen LogP contribution in [0, 0.1) is 0 Å². The van der Waals surface area contributed by atoms with Crippen LogP contribution in [-0.4, -0.2) is 12.0 Å². The Bertz CT molecular complexity index is 484. The lowest BCUT2D eigenvalue weighted by Gasteiger charge is -2.10. The summed E-state index contributed by atoms with van der Waals surface area (Å²) >= 11 is 0. The van der Waals surface area contributed by atoms with Crippen LogP contribution in [0.15, 0.2) is 24.3 Å². The number of halogens is 3. The molecule has 1 atom stereocenters. The smallest absolute Gasteiger partial charge is 0.416 e. The molecule has 0 spiro atoms. The molecule has 1 fully saturated rings. The van der Waals surface area contributed by atoms with E-state index in [0.717, 1.165) is 18.2 Å². The summed E-state index contributed by atoms with van der Waals surface area (Å²) in [4.78, 5) is 22.0. The van der Waals surface area contributed by atoms with Crippen molar-refractivity contribution in [2.45, 2.75) is 12.3 Å². The quantitative estimate of drug-likeness (QED) is 0.823. The molecule has 1 unspecified atom stereocenters. The predicted molar refractivity (Wildman–Crippen MR) is 48.8 cm³/mol. The van der Waals surface area contributed by atoms with E-state index in [0.29, 0.717) is 0 Å². The third kappa shape index (κ3) is 2.22. The summed E-state index contributed by atoms with van der Waals surface area (Å²) in [6.45, 7) is 0. The summed E-state index contributed by atoms with van der Waals surface area (Å²) in [6, 6.07) is 4.09. The van der Waals surface area contributed by atoms with Gasteiger partial charge in [0, 0.05) is 5.56 Å². The maximum absolute atomic E-state index is 12.4. The number of rotatable bonds is 1. The van der Waals surface area contributed by atoms with Crippen LogP contribution in [0.25, 0.3) is 0 Å². The summed E-state index contributed by atoms with van der Waals surface area (Å²) < 4.78 is 41.8. The van der Waals surface area contributed by atoms with Crippen molar-refractivity contribution in [2.24, 2.45) is 0 Å². The SMILES string of the molecule is O=C1NC(=O)C(c2cccc(C(F)(F)F)c2)O1. The first kappa shape index (κ1) is 11.4. The third-order valence-electron chi connectivity index (χ3n) is 2.20. The van der Waals surface area contributed by atoms with Gasteiger partial charge in [-0.3, -0.25) is 10.1 Å². The van der Waals surface area contributed by atoms with Gasteiger partial charge in [0.1, 0.15) is 0 Å². The lowest BCUT2D eigenvalue weighted by atomic mass is 10.1. The van der Waals surface area contributed by atoms with Crippen LogP contribution in [-0.2, 0) is 15.7 Å². The highest BCUT2D eigenvalue weighted by molar-refractivity contribution is 6.00. The highest BCUT2D eigenvalue weighted by Crippen LogP contribution is 2.32. The van der Waals surface area contributed by atoms with Gasteiger partial charge in [0.05, 0.1) is 5.56 Å². The first-order valence-corrected chi connectivity index (χ1v) is 4.56. The van der Waals surface area contributed by atoms with Gasteiger partial charge in [-0.2, -0.15) is 13.2 Å². The summed E-state index contributed by atoms with van der Waals surface area (Å²) in [5.74, 6) is -0.769. The Kier molecular flexibility index (Phi) is 2.53. The van der Waals surface area contributed by atoms with Crippen molar-refractivity contribution in [3.8, 4) is 0 Å². The number of carbonyl (C=O) groups is 2. The van der Waals surface area contributed by atoms with Gasteiger partial charge in [0.25, 0.3) is 5.91 Å². The topological polar surface area (TPSA) is 55.4 Å². The van der Waals surface area contributed by atoms with E-state index in [-0.39, 0.29) is 5.56 Å². The van der Waals surface area contributed by atoms with E-state index < -0.39 is 29.8 Å². The van der Waals surface area contributed by atoms with E-state index >= 15 is 0 Å². The molecular formula is C10H6F3NO3. The highest BCUT2D eigenvalue weighted by atomic mass is 19.4. The number of imide groups is 1. The average Bonchev–Trinajstić information content (AvgIpc) is 2.57. The largest absolute Gasteiger partial charge is 0.431 e. The van der Waals surface area contributed by atoms with Crippen LogP contribution in [0.3, 0.4) is 0 Å². The van der Waals surface area contributed by atoms with Gasteiger partial charge in [-0.1, -0.05) is 12.1 Å². The molecule has 1 aliphatic heterocycles. The Balaban J connectivity index is 2.34. The number of benzene rings is 1. The molecule has 0 saturated carbocycles. The fraction of sp³-hybridized carbons (Fsp3) is 0.200. The molecule has 4 nitrogen and oxygen atoms in total. The molecule has 1 aromatic rings. The number of hydrogen-bond donors (Lipinski definition) is 1. The fourth-order valence-electron chi connectivity index (χ4n) is 1.45. The first-order chi connectivity index (χ1) is 7.88. The number of nitrogens with one attached hydrogen (secondary N) is 1. The Hall–Kier alpha value is -2.05. The van der Waals surface area contributed by atoms with Crippen molar-refractivity contribution in [1.29, 1.82) is 0 Å². The van der Waals surface area contributed by atoms with E-state index in [2.05, 4.69) is 4.74 Å². The zero-order valence-corrected chi connectivity index (χ0v) is 8.25. The van der Waals surface area contributed by atoms with Gasteiger partial charge in [0.15, 0.2) is 0 Å². The summed E-state index contributed by atoms with van der Waals surface area (Å²) in [5.41, 5.74) is -0.908. The Morgan fingerprint density at radius 1 is 1.24 bits per heavy atom.